The van der Waals surface area contributed by atoms with E-state index in [2.05, 4.69) is 37.2 Å². The molecule has 0 aliphatic carbocycles. The summed E-state index contributed by atoms with van der Waals surface area (Å²) in [7, 11) is 0. The smallest absolute Gasteiger partial charge is 0.319 e. The Balaban J connectivity index is 2.24. The molecular formula is C13H20N2O2S. The van der Waals surface area contributed by atoms with Crippen LogP contribution in [-0.2, 0) is 9.53 Å². The Hall–Kier alpha value is -0.970. The van der Waals surface area contributed by atoms with E-state index in [0.29, 0.717) is 18.6 Å². The zero-order valence-electron chi connectivity index (χ0n) is 11.3. The van der Waals surface area contributed by atoms with Gasteiger partial charge in [0.05, 0.1) is 6.61 Å². The number of ether oxygens (including phenoxy) is 1. The summed E-state index contributed by atoms with van der Waals surface area (Å²) in [6, 6.07) is 0.352. The molecule has 1 fully saturated rings. The standard InChI is InChI=1S/C13H20N2O2S/c1-8(2)10-7-14-13(15(10)9(3)4)18-11-5-6-17-12(11)16/h7-9,11H,5-6H2,1-4H3/t11-/m0/s1. The highest BCUT2D eigenvalue weighted by Gasteiger charge is 2.30. The first kappa shape index (κ1) is 13.5. The molecule has 0 spiro atoms. The van der Waals surface area contributed by atoms with Gasteiger partial charge in [-0.2, -0.15) is 0 Å². The third-order valence-electron chi connectivity index (χ3n) is 3.03. The third kappa shape index (κ3) is 2.55. The maximum atomic E-state index is 11.5. The van der Waals surface area contributed by atoms with Gasteiger partial charge in [-0.1, -0.05) is 25.6 Å². The number of aromatic nitrogens is 2. The summed E-state index contributed by atoms with van der Waals surface area (Å²) in [5, 5.41) is 0.836. The Kier molecular flexibility index (Phi) is 4.00. The maximum absolute atomic E-state index is 11.5. The fraction of sp³-hybridized carbons (Fsp3) is 0.692. The summed E-state index contributed by atoms with van der Waals surface area (Å²) in [5.74, 6) is 0.328. The second-order valence-corrected chi connectivity index (χ2v) is 6.32. The molecule has 1 aromatic rings. The van der Waals surface area contributed by atoms with Crippen molar-refractivity contribution in [2.45, 2.75) is 56.5 Å². The zero-order chi connectivity index (χ0) is 13.3. The van der Waals surface area contributed by atoms with Gasteiger partial charge in [-0.25, -0.2) is 4.98 Å². The van der Waals surface area contributed by atoms with E-state index in [-0.39, 0.29) is 11.2 Å². The predicted molar refractivity (Wildman–Crippen MR) is 71.9 cm³/mol. The predicted octanol–water partition coefficient (Wildman–Crippen LogP) is 3.00. The molecule has 2 rings (SSSR count). The number of nitrogens with zero attached hydrogens (tertiary/aromatic N) is 2. The van der Waals surface area contributed by atoms with Crippen LogP contribution in [0.25, 0.3) is 0 Å². The minimum absolute atomic E-state index is 0.0927. The number of cyclic esters (lactones) is 1. The number of carbonyl (C=O) groups excluding carboxylic acids is 1. The summed E-state index contributed by atoms with van der Waals surface area (Å²) in [5.41, 5.74) is 1.22. The zero-order valence-corrected chi connectivity index (χ0v) is 12.2. The summed E-state index contributed by atoms with van der Waals surface area (Å²) < 4.78 is 7.22. The number of rotatable bonds is 4. The van der Waals surface area contributed by atoms with Crippen molar-refractivity contribution in [3.05, 3.63) is 11.9 Å². The van der Waals surface area contributed by atoms with Crippen LogP contribution in [0.1, 0.15) is 51.8 Å². The lowest BCUT2D eigenvalue weighted by atomic mass is 10.1. The van der Waals surface area contributed by atoms with Crippen LogP contribution in [0.15, 0.2) is 11.4 Å². The molecule has 0 aromatic carbocycles. The van der Waals surface area contributed by atoms with Crippen LogP contribution in [0.5, 0.6) is 0 Å². The van der Waals surface area contributed by atoms with Gasteiger partial charge in [0, 0.05) is 24.4 Å². The number of imidazole rings is 1. The first-order valence-corrected chi connectivity index (χ1v) is 7.29. The van der Waals surface area contributed by atoms with Crippen molar-refractivity contribution in [1.82, 2.24) is 9.55 Å². The molecule has 18 heavy (non-hydrogen) atoms. The molecule has 0 N–H and O–H groups in total. The Morgan fingerprint density at radius 1 is 1.44 bits per heavy atom. The normalized spacial score (nSPS) is 19.9. The van der Waals surface area contributed by atoms with Gasteiger partial charge in [-0.05, 0) is 19.8 Å². The van der Waals surface area contributed by atoms with Gasteiger partial charge in [0.15, 0.2) is 5.16 Å². The van der Waals surface area contributed by atoms with E-state index in [1.807, 2.05) is 6.20 Å². The van der Waals surface area contributed by atoms with Crippen molar-refractivity contribution in [3.8, 4) is 0 Å². The molecule has 1 saturated heterocycles. The number of esters is 1. The number of thioether (sulfide) groups is 1. The monoisotopic (exact) mass is 268 g/mol. The lowest BCUT2D eigenvalue weighted by Gasteiger charge is -2.17. The summed E-state index contributed by atoms with van der Waals surface area (Å²) in [4.78, 5) is 16.0. The Labute approximate surface area is 112 Å². The van der Waals surface area contributed by atoms with E-state index in [0.717, 1.165) is 11.6 Å². The Morgan fingerprint density at radius 3 is 2.67 bits per heavy atom. The molecule has 0 saturated carbocycles. The van der Waals surface area contributed by atoms with E-state index < -0.39 is 0 Å². The van der Waals surface area contributed by atoms with Gasteiger partial charge < -0.3 is 9.30 Å². The average molecular weight is 268 g/mol. The van der Waals surface area contributed by atoms with Crippen LogP contribution in [0.3, 0.4) is 0 Å². The molecule has 0 bridgehead atoms. The third-order valence-corrected chi connectivity index (χ3v) is 4.26. The molecule has 0 radical (unpaired) electrons. The van der Waals surface area contributed by atoms with Gasteiger partial charge >= 0.3 is 5.97 Å². The second-order valence-electron chi connectivity index (χ2n) is 5.15. The molecule has 2 heterocycles. The topological polar surface area (TPSA) is 44.1 Å². The van der Waals surface area contributed by atoms with Crippen LogP contribution in [0.2, 0.25) is 0 Å². The molecule has 4 nitrogen and oxygen atoms in total. The molecule has 0 amide bonds. The van der Waals surface area contributed by atoms with E-state index in [9.17, 15) is 4.79 Å². The van der Waals surface area contributed by atoms with Gasteiger partial charge in [0.2, 0.25) is 0 Å². The van der Waals surface area contributed by atoms with E-state index in [4.69, 9.17) is 4.74 Å². The highest BCUT2D eigenvalue weighted by atomic mass is 32.2. The highest BCUT2D eigenvalue weighted by Crippen LogP contribution is 2.32. The van der Waals surface area contributed by atoms with Crippen molar-refractivity contribution in [2.24, 2.45) is 0 Å². The van der Waals surface area contributed by atoms with Crippen LogP contribution in [-0.4, -0.2) is 27.4 Å². The molecule has 1 aliphatic rings. The van der Waals surface area contributed by atoms with Crippen molar-refractivity contribution in [1.29, 1.82) is 0 Å². The highest BCUT2D eigenvalue weighted by molar-refractivity contribution is 8.00. The van der Waals surface area contributed by atoms with Crippen molar-refractivity contribution in [3.63, 3.8) is 0 Å². The number of hydrogen-bond donors (Lipinski definition) is 0. The van der Waals surface area contributed by atoms with Crippen LogP contribution in [0.4, 0.5) is 0 Å². The van der Waals surface area contributed by atoms with Crippen LogP contribution in [0, 0.1) is 0 Å². The van der Waals surface area contributed by atoms with E-state index >= 15 is 0 Å². The lowest BCUT2D eigenvalue weighted by Crippen LogP contribution is -2.13. The van der Waals surface area contributed by atoms with E-state index in [1.54, 1.807) is 0 Å². The van der Waals surface area contributed by atoms with Gasteiger partial charge in [-0.3, -0.25) is 4.79 Å². The van der Waals surface area contributed by atoms with Crippen LogP contribution < -0.4 is 0 Å². The largest absolute Gasteiger partial charge is 0.465 e. The fourth-order valence-electron chi connectivity index (χ4n) is 2.10. The first-order chi connectivity index (χ1) is 8.50. The molecule has 1 aromatic heterocycles. The minimum Gasteiger partial charge on any atom is -0.465 e. The SMILES string of the molecule is CC(C)c1cnc(S[C@H]2CCOC2=O)n1C(C)C. The maximum Gasteiger partial charge on any atom is 0.319 e. The summed E-state index contributed by atoms with van der Waals surface area (Å²) in [6.07, 6.45) is 2.71. The van der Waals surface area contributed by atoms with E-state index in [1.165, 1.54) is 17.5 Å². The molecule has 5 heteroatoms. The van der Waals surface area contributed by atoms with Crippen LogP contribution >= 0.6 is 11.8 Å². The Morgan fingerprint density at radius 2 is 2.17 bits per heavy atom. The first-order valence-electron chi connectivity index (χ1n) is 6.41. The molecule has 1 aliphatic heterocycles. The Bertz CT molecular complexity index is 440. The molecule has 0 unspecified atom stereocenters. The van der Waals surface area contributed by atoms with Crippen molar-refractivity contribution < 1.29 is 9.53 Å². The van der Waals surface area contributed by atoms with Crippen molar-refractivity contribution >= 4 is 17.7 Å². The summed E-state index contributed by atoms with van der Waals surface area (Å²) in [6.45, 7) is 9.15. The van der Waals surface area contributed by atoms with Crippen molar-refractivity contribution in [2.75, 3.05) is 6.61 Å². The average Bonchev–Trinajstić information content (AvgIpc) is 2.86. The molecule has 100 valence electrons. The number of carbonyl (C=O) groups is 1. The minimum atomic E-state index is -0.107. The number of hydrogen-bond acceptors (Lipinski definition) is 4. The lowest BCUT2D eigenvalue weighted by molar-refractivity contribution is -0.137. The summed E-state index contributed by atoms with van der Waals surface area (Å²) >= 11 is 1.53. The molecular weight excluding hydrogens is 248 g/mol. The molecule has 1 atom stereocenters. The van der Waals surface area contributed by atoms with Gasteiger partial charge in [-0.15, -0.1) is 0 Å². The van der Waals surface area contributed by atoms with Gasteiger partial charge in [0.25, 0.3) is 0 Å². The second kappa shape index (κ2) is 5.34. The van der Waals surface area contributed by atoms with Gasteiger partial charge in [0.1, 0.15) is 5.25 Å². The fourth-order valence-corrected chi connectivity index (χ4v) is 3.28. The quantitative estimate of drug-likeness (QED) is 0.787.